The van der Waals surface area contributed by atoms with E-state index in [1.807, 2.05) is 6.92 Å². The van der Waals surface area contributed by atoms with E-state index in [1.165, 1.54) is 9.59 Å². The summed E-state index contributed by atoms with van der Waals surface area (Å²) in [7, 11) is 0. The topological polar surface area (TPSA) is 171 Å². The molecule has 0 aromatic carbocycles. The molecule has 126 valence electrons. The summed E-state index contributed by atoms with van der Waals surface area (Å²) in [6.07, 6.45) is 1.21. The summed E-state index contributed by atoms with van der Waals surface area (Å²) in [5.41, 5.74) is 0. The van der Waals surface area contributed by atoms with E-state index >= 15 is 0 Å². The standard InChI is InChI=1S/C10H15N13O/c1-2-3-22-18-8(14-20-22)6-7-12-15-9(16-13-7)11-10-17-21-23(19-10)4-5-24/h24H,2-6H2,1H3,(H,11,15,16,19). The molecule has 0 saturated heterocycles. The van der Waals surface area contributed by atoms with Crippen LogP contribution >= 0.6 is 0 Å². The number of hydrogen-bond donors (Lipinski definition) is 2. The highest BCUT2D eigenvalue weighted by molar-refractivity contribution is 5.38. The third-order valence-electron chi connectivity index (χ3n) is 2.73. The first-order chi connectivity index (χ1) is 11.8. The molecule has 3 rings (SSSR count). The third-order valence-corrected chi connectivity index (χ3v) is 2.73. The Kier molecular flexibility index (Phi) is 4.85. The molecule has 0 aliphatic carbocycles. The lowest BCUT2D eigenvalue weighted by Crippen LogP contribution is -2.08. The van der Waals surface area contributed by atoms with Crippen LogP contribution in [0.2, 0.25) is 0 Å². The highest BCUT2D eigenvalue weighted by Gasteiger charge is 2.09. The van der Waals surface area contributed by atoms with Gasteiger partial charge in [-0.15, -0.1) is 35.7 Å². The predicted molar refractivity (Wildman–Crippen MR) is 76.7 cm³/mol. The van der Waals surface area contributed by atoms with E-state index in [-0.39, 0.29) is 31.5 Å². The molecule has 0 bridgehead atoms. The van der Waals surface area contributed by atoms with Crippen LogP contribution in [0, 0.1) is 0 Å². The zero-order valence-electron chi connectivity index (χ0n) is 12.8. The molecule has 0 unspecified atom stereocenters. The van der Waals surface area contributed by atoms with Crippen molar-refractivity contribution >= 4 is 11.9 Å². The molecule has 0 fully saturated rings. The Labute approximate surface area is 135 Å². The van der Waals surface area contributed by atoms with E-state index in [2.05, 4.69) is 56.5 Å². The molecule has 0 amide bonds. The number of aromatic nitrogens is 12. The van der Waals surface area contributed by atoms with Crippen molar-refractivity contribution in [2.75, 3.05) is 11.9 Å². The second kappa shape index (κ2) is 7.40. The van der Waals surface area contributed by atoms with E-state index in [9.17, 15) is 0 Å². The maximum atomic E-state index is 8.79. The van der Waals surface area contributed by atoms with Crippen molar-refractivity contribution in [3.05, 3.63) is 11.6 Å². The molecule has 3 aromatic heterocycles. The van der Waals surface area contributed by atoms with Crippen LogP contribution in [0.25, 0.3) is 0 Å². The minimum atomic E-state index is -0.0823. The Morgan fingerprint density at radius 3 is 2.33 bits per heavy atom. The van der Waals surface area contributed by atoms with Crippen LogP contribution in [0.4, 0.5) is 11.9 Å². The second-order valence-electron chi connectivity index (χ2n) is 4.68. The van der Waals surface area contributed by atoms with Gasteiger partial charge < -0.3 is 5.11 Å². The minimum absolute atomic E-state index is 0.0823. The van der Waals surface area contributed by atoms with Gasteiger partial charge in [0.2, 0.25) is 0 Å². The van der Waals surface area contributed by atoms with Gasteiger partial charge in [-0.1, -0.05) is 12.0 Å². The smallest absolute Gasteiger partial charge is 0.270 e. The molecule has 24 heavy (non-hydrogen) atoms. The SMILES string of the molecule is CCCn1nnc(Cc2nnc(Nc3nnn(CCO)n3)nn2)n1. The molecule has 0 aliphatic heterocycles. The molecule has 14 heteroatoms. The monoisotopic (exact) mass is 333 g/mol. The highest BCUT2D eigenvalue weighted by Crippen LogP contribution is 2.03. The fourth-order valence-corrected chi connectivity index (χ4v) is 1.73. The zero-order chi connectivity index (χ0) is 16.8. The molecular weight excluding hydrogens is 318 g/mol. The van der Waals surface area contributed by atoms with E-state index in [1.54, 1.807) is 0 Å². The van der Waals surface area contributed by atoms with E-state index in [4.69, 9.17) is 5.11 Å². The van der Waals surface area contributed by atoms with Crippen LogP contribution in [-0.4, -0.2) is 72.5 Å². The Morgan fingerprint density at radius 2 is 1.58 bits per heavy atom. The van der Waals surface area contributed by atoms with Gasteiger partial charge in [0.05, 0.1) is 26.1 Å². The first-order valence-electron chi connectivity index (χ1n) is 7.25. The zero-order valence-corrected chi connectivity index (χ0v) is 12.8. The maximum absolute atomic E-state index is 8.79. The number of aryl methyl sites for hydroxylation is 1. The van der Waals surface area contributed by atoms with Gasteiger partial charge in [-0.3, -0.25) is 5.32 Å². The molecule has 0 spiro atoms. The van der Waals surface area contributed by atoms with Gasteiger partial charge >= 0.3 is 0 Å². The Balaban J connectivity index is 1.59. The van der Waals surface area contributed by atoms with Crippen molar-refractivity contribution in [3.63, 3.8) is 0 Å². The molecule has 0 radical (unpaired) electrons. The molecule has 2 N–H and O–H groups in total. The van der Waals surface area contributed by atoms with Crippen LogP contribution < -0.4 is 5.32 Å². The largest absolute Gasteiger partial charge is 0.394 e. The summed E-state index contributed by atoms with van der Waals surface area (Å²) >= 11 is 0. The van der Waals surface area contributed by atoms with Gasteiger partial charge in [0, 0.05) is 0 Å². The van der Waals surface area contributed by atoms with Crippen molar-refractivity contribution in [2.24, 2.45) is 0 Å². The number of anilines is 2. The van der Waals surface area contributed by atoms with E-state index < -0.39 is 0 Å². The molecule has 0 saturated carbocycles. The Morgan fingerprint density at radius 1 is 0.833 bits per heavy atom. The predicted octanol–water partition coefficient (Wildman–Crippen LogP) is -2.02. The summed E-state index contributed by atoms with van der Waals surface area (Å²) in [5, 5.41) is 50.6. The lowest BCUT2D eigenvalue weighted by atomic mass is 10.4. The van der Waals surface area contributed by atoms with Gasteiger partial charge in [-0.2, -0.15) is 9.59 Å². The summed E-state index contributed by atoms with van der Waals surface area (Å²) in [6.45, 7) is 2.90. The summed E-state index contributed by atoms with van der Waals surface area (Å²) in [6, 6.07) is 0. The lowest BCUT2D eigenvalue weighted by Gasteiger charge is -1.98. The molecule has 0 atom stereocenters. The average Bonchev–Trinajstić information content (AvgIpc) is 3.20. The summed E-state index contributed by atoms with van der Waals surface area (Å²) in [5.74, 6) is 1.18. The molecule has 3 heterocycles. The number of aliphatic hydroxyl groups is 1. The van der Waals surface area contributed by atoms with Crippen molar-refractivity contribution in [1.82, 2.24) is 60.8 Å². The molecule has 14 nitrogen and oxygen atoms in total. The lowest BCUT2D eigenvalue weighted by molar-refractivity contribution is 0.259. The summed E-state index contributed by atoms with van der Waals surface area (Å²) in [4.78, 5) is 2.76. The number of nitrogens with zero attached hydrogens (tertiary/aromatic N) is 12. The van der Waals surface area contributed by atoms with Crippen molar-refractivity contribution < 1.29 is 5.11 Å². The highest BCUT2D eigenvalue weighted by atomic mass is 16.3. The van der Waals surface area contributed by atoms with Crippen LogP contribution in [-0.2, 0) is 19.5 Å². The second-order valence-corrected chi connectivity index (χ2v) is 4.68. The Bertz CT molecular complexity index is 700. The minimum Gasteiger partial charge on any atom is -0.394 e. The first-order valence-corrected chi connectivity index (χ1v) is 7.25. The van der Waals surface area contributed by atoms with E-state index in [0.717, 1.165) is 6.42 Å². The van der Waals surface area contributed by atoms with Crippen LogP contribution in [0.5, 0.6) is 0 Å². The van der Waals surface area contributed by atoms with Gasteiger partial charge in [0.25, 0.3) is 11.9 Å². The van der Waals surface area contributed by atoms with Crippen LogP contribution in [0.1, 0.15) is 25.0 Å². The number of hydrogen-bond acceptors (Lipinski definition) is 12. The fourth-order valence-electron chi connectivity index (χ4n) is 1.73. The average molecular weight is 333 g/mol. The van der Waals surface area contributed by atoms with Gasteiger partial charge in [-0.05, 0) is 16.8 Å². The molecule has 3 aromatic rings. The molecule has 0 aliphatic rings. The van der Waals surface area contributed by atoms with Crippen LogP contribution in [0.15, 0.2) is 0 Å². The quantitative estimate of drug-likeness (QED) is 0.464. The molecular formula is C10H15N13O. The van der Waals surface area contributed by atoms with Crippen molar-refractivity contribution in [3.8, 4) is 0 Å². The number of aliphatic hydroxyl groups excluding tert-OH is 1. The van der Waals surface area contributed by atoms with Crippen molar-refractivity contribution in [1.29, 1.82) is 0 Å². The van der Waals surface area contributed by atoms with Crippen LogP contribution in [0.3, 0.4) is 0 Å². The fraction of sp³-hybridized carbons (Fsp3) is 0.600. The van der Waals surface area contributed by atoms with Gasteiger partial charge in [-0.25, -0.2) is 0 Å². The Hall–Kier alpha value is -3.16. The number of tetrazole rings is 2. The van der Waals surface area contributed by atoms with E-state index in [0.29, 0.717) is 18.2 Å². The number of nitrogens with one attached hydrogen (secondary N) is 1. The normalized spacial score (nSPS) is 10.9. The number of rotatable bonds is 8. The van der Waals surface area contributed by atoms with Gasteiger partial charge in [0.15, 0.2) is 11.6 Å². The van der Waals surface area contributed by atoms with Gasteiger partial charge in [0.1, 0.15) is 0 Å². The summed E-state index contributed by atoms with van der Waals surface area (Å²) < 4.78 is 0. The third kappa shape index (κ3) is 3.97. The first kappa shape index (κ1) is 15.7. The maximum Gasteiger partial charge on any atom is 0.270 e. The van der Waals surface area contributed by atoms with Crippen molar-refractivity contribution in [2.45, 2.75) is 32.9 Å².